The van der Waals surface area contributed by atoms with Gasteiger partial charge in [0.2, 0.25) is 0 Å². The Morgan fingerprint density at radius 2 is 2.00 bits per heavy atom. The zero-order valence-electron chi connectivity index (χ0n) is 8.22. The van der Waals surface area contributed by atoms with Crippen LogP contribution in [0.25, 0.3) is 0 Å². The van der Waals surface area contributed by atoms with Crippen LogP contribution in [0, 0.1) is 11.3 Å². The lowest BCUT2D eigenvalue weighted by molar-refractivity contribution is -0.143. The van der Waals surface area contributed by atoms with Crippen molar-refractivity contribution in [3.8, 4) is 6.07 Å². The largest absolute Gasteiger partial charge is 0.433 e. The zero-order valence-corrected chi connectivity index (χ0v) is 8.22. The molecule has 1 aromatic rings. The summed E-state index contributed by atoms with van der Waals surface area (Å²) >= 11 is 0. The van der Waals surface area contributed by atoms with E-state index < -0.39 is 29.6 Å². The lowest BCUT2D eigenvalue weighted by atomic mass is 10.1. The van der Waals surface area contributed by atoms with Crippen molar-refractivity contribution in [3.05, 3.63) is 28.6 Å². The molecule has 0 atom stereocenters. The van der Waals surface area contributed by atoms with Crippen LogP contribution in [0.3, 0.4) is 0 Å². The van der Waals surface area contributed by atoms with Crippen LogP contribution in [0.4, 0.5) is 22.0 Å². The Labute approximate surface area is 92.7 Å². The van der Waals surface area contributed by atoms with Crippen molar-refractivity contribution in [2.75, 3.05) is 0 Å². The summed E-state index contributed by atoms with van der Waals surface area (Å²) in [4.78, 5) is 2.91. The quantitative estimate of drug-likeness (QED) is 0.820. The summed E-state index contributed by atoms with van der Waals surface area (Å²) in [5, 5.41) is 8.55. The van der Waals surface area contributed by atoms with Crippen molar-refractivity contribution in [1.29, 1.82) is 5.26 Å². The second-order valence-corrected chi connectivity index (χ2v) is 3.05. The lowest BCUT2D eigenvalue weighted by Crippen LogP contribution is -2.16. The van der Waals surface area contributed by atoms with Gasteiger partial charge >= 0.3 is 6.18 Å². The second kappa shape index (κ2) is 4.63. The van der Waals surface area contributed by atoms with E-state index in [1.54, 1.807) is 0 Å². The minimum absolute atomic E-state index is 0.143. The van der Waals surface area contributed by atoms with Crippen molar-refractivity contribution in [1.82, 2.24) is 4.98 Å². The molecule has 0 radical (unpaired) electrons. The smallest absolute Gasteiger partial charge is 0.326 e. The molecule has 2 N–H and O–H groups in total. The maximum absolute atomic E-state index is 12.4. The molecular weight excluding hydrogens is 245 g/mol. The van der Waals surface area contributed by atoms with Crippen molar-refractivity contribution in [2.24, 2.45) is 5.73 Å². The number of nitrogens with zero attached hydrogens (tertiary/aromatic N) is 2. The van der Waals surface area contributed by atoms with Crippen LogP contribution in [-0.2, 0) is 12.7 Å². The molecule has 0 aromatic carbocycles. The molecule has 0 aliphatic carbocycles. The molecule has 0 bridgehead atoms. The number of hydrogen-bond acceptors (Lipinski definition) is 3. The Balaban J connectivity index is 3.53. The van der Waals surface area contributed by atoms with Crippen LogP contribution in [0.1, 0.15) is 28.9 Å². The summed E-state index contributed by atoms with van der Waals surface area (Å²) in [6.45, 7) is -0.340. The third kappa shape index (κ3) is 2.68. The van der Waals surface area contributed by atoms with Gasteiger partial charge in [-0.25, -0.2) is 13.8 Å². The van der Waals surface area contributed by atoms with Gasteiger partial charge in [-0.2, -0.15) is 18.4 Å². The number of halogens is 5. The summed E-state index contributed by atoms with van der Waals surface area (Å²) in [5.41, 5.74) is 1.39. The number of hydrogen-bond donors (Lipinski definition) is 1. The molecule has 0 aliphatic rings. The topological polar surface area (TPSA) is 62.7 Å². The molecule has 0 saturated heterocycles. The van der Waals surface area contributed by atoms with Gasteiger partial charge in [-0.15, -0.1) is 0 Å². The number of nitrogens with two attached hydrogens (primary N) is 1. The summed E-state index contributed by atoms with van der Waals surface area (Å²) in [6, 6.07) is 1.96. The molecule has 0 unspecified atom stereocenters. The lowest BCUT2D eigenvalue weighted by Gasteiger charge is -2.13. The van der Waals surface area contributed by atoms with Crippen LogP contribution in [0.15, 0.2) is 6.07 Å². The van der Waals surface area contributed by atoms with E-state index in [9.17, 15) is 22.0 Å². The van der Waals surface area contributed by atoms with E-state index in [-0.39, 0.29) is 12.1 Å². The Kier molecular flexibility index (Phi) is 3.63. The first kappa shape index (κ1) is 13.3. The van der Waals surface area contributed by atoms with E-state index in [0.29, 0.717) is 6.07 Å². The Bertz CT molecular complexity index is 461. The van der Waals surface area contributed by atoms with Gasteiger partial charge in [-0.1, -0.05) is 0 Å². The van der Waals surface area contributed by atoms with E-state index in [1.165, 1.54) is 6.07 Å². The summed E-state index contributed by atoms with van der Waals surface area (Å²) in [7, 11) is 0. The number of aromatic nitrogens is 1. The SMILES string of the molecule is N#Cc1nc(C(F)(F)F)c(C(F)F)cc1CN. The first-order valence-corrected chi connectivity index (χ1v) is 4.30. The van der Waals surface area contributed by atoms with Crippen molar-refractivity contribution in [2.45, 2.75) is 19.1 Å². The molecule has 1 rings (SSSR count). The van der Waals surface area contributed by atoms with Crippen LogP contribution in [-0.4, -0.2) is 4.98 Å². The summed E-state index contributed by atoms with van der Waals surface area (Å²) in [5.74, 6) is 0. The Morgan fingerprint density at radius 1 is 1.41 bits per heavy atom. The molecule has 8 heteroatoms. The third-order valence-corrected chi connectivity index (χ3v) is 1.96. The minimum atomic E-state index is -5.04. The predicted octanol–water partition coefficient (Wildman–Crippen LogP) is 2.37. The van der Waals surface area contributed by atoms with Gasteiger partial charge in [0.15, 0.2) is 5.69 Å². The number of rotatable bonds is 2. The van der Waals surface area contributed by atoms with Gasteiger partial charge in [0.05, 0.1) is 0 Å². The monoisotopic (exact) mass is 251 g/mol. The molecule has 1 heterocycles. The number of alkyl halides is 5. The molecule has 17 heavy (non-hydrogen) atoms. The van der Waals surface area contributed by atoms with Crippen LogP contribution in [0.5, 0.6) is 0 Å². The molecule has 0 amide bonds. The molecule has 0 spiro atoms. The average Bonchev–Trinajstić information content (AvgIpc) is 2.25. The highest BCUT2D eigenvalue weighted by Crippen LogP contribution is 2.35. The van der Waals surface area contributed by atoms with Gasteiger partial charge in [-0.3, -0.25) is 0 Å². The van der Waals surface area contributed by atoms with Crippen molar-refractivity contribution >= 4 is 0 Å². The molecule has 0 fully saturated rings. The molecule has 92 valence electrons. The van der Waals surface area contributed by atoms with E-state index >= 15 is 0 Å². The van der Waals surface area contributed by atoms with Gasteiger partial charge < -0.3 is 5.73 Å². The molecule has 0 aliphatic heterocycles. The van der Waals surface area contributed by atoms with Crippen LogP contribution < -0.4 is 5.73 Å². The fraction of sp³-hybridized carbons (Fsp3) is 0.333. The molecule has 3 nitrogen and oxygen atoms in total. The standard InChI is InChI=1S/C9H6F5N3/c10-8(11)5-1-4(2-15)6(3-16)17-7(5)9(12,13)14/h1,8H,2,15H2. The van der Waals surface area contributed by atoms with E-state index in [2.05, 4.69) is 4.98 Å². The van der Waals surface area contributed by atoms with Gasteiger partial charge in [0, 0.05) is 17.7 Å². The molecule has 1 aromatic heterocycles. The highest BCUT2D eigenvalue weighted by Gasteiger charge is 2.38. The van der Waals surface area contributed by atoms with Crippen LogP contribution in [0.2, 0.25) is 0 Å². The van der Waals surface area contributed by atoms with Gasteiger partial charge in [-0.05, 0) is 6.07 Å². The van der Waals surface area contributed by atoms with E-state index in [1.807, 2.05) is 0 Å². The third-order valence-electron chi connectivity index (χ3n) is 1.96. The van der Waals surface area contributed by atoms with E-state index in [0.717, 1.165) is 0 Å². The fourth-order valence-electron chi connectivity index (χ4n) is 1.22. The first-order chi connectivity index (χ1) is 7.81. The predicted molar refractivity (Wildman–Crippen MR) is 46.8 cm³/mol. The van der Waals surface area contributed by atoms with Crippen LogP contribution >= 0.6 is 0 Å². The number of pyridine rings is 1. The summed E-state index contributed by atoms with van der Waals surface area (Å²) < 4.78 is 62.2. The van der Waals surface area contributed by atoms with Crippen molar-refractivity contribution < 1.29 is 22.0 Å². The Hall–Kier alpha value is -1.75. The second-order valence-electron chi connectivity index (χ2n) is 3.05. The zero-order chi connectivity index (χ0) is 13.2. The fourth-order valence-corrected chi connectivity index (χ4v) is 1.22. The van der Waals surface area contributed by atoms with E-state index in [4.69, 9.17) is 11.0 Å². The highest BCUT2D eigenvalue weighted by atomic mass is 19.4. The minimum Gasteiger partial charge on any atom is -0.326 e. The summed E-state index contributed by atoms with van der Waals surface area (Å²) in [6.07, 6.45) is -8.37. The highest BCUT2D eigenvalue weighted by molar-refractivity contribution is 5.38. The van der Waals surface area contributed by atoms with Gasteiger partial charge in [0.25, 0.3) is 6.43 Å². The first-order valence-electron chi connectivity index (χ1n) is 4.30. The van der Waals surface area contributed by atoms with Gasteiger partial charge in [0.1, 0.15) is 11.8 Å². The molecule has 0 saturated carbocycles. The normalized spacial score (nSPS) is 11.6. The number of nitriles is 1. The average molecular weight is 251 g/mol. The Morgan fingerprint density at radius 3 is 2.35 bits per heavy atom. The van der Waals surface area contributed by atoms with Crippen molar-refractivity contribution in [3.63, 3.8) is 0 Å². The molecular formula is C9H6F5N3. The maximum Gasteiger partial charge on any atom is 0.433 e. The maximum atomic E-state index is 12.4.